The maximum atomic E-state index is 12.6. The first kappa shape index (κ1) is 18.7. The number of carbonyl (C=O) groups is 2. The Kier molecular flexibility index (Phi) is 4.94. The van der Waals surface area contributed by atoms with Gasteiger partial charge in [-0.25, -0.2) is 18.4 Å². The molecule has 2 aliphatic rings. The van der Waals surface area contributed by atoms with E-state index in [1.165, 1.54) is 16.3 Å². The second kappa shape index (κ2) is 7.40. The third kappa shape index (κ3) is 3.94. The number of hydrazone groups is 1. The van der Waals surface area contributed by atoms with E-state index in [0.717, 1.165) is 0 Å². The lowest BCUT2D eigenvalue weighted by Gasteiger charge is -2.27. The maximum Gasteiger partial charge on any atom is 0.273 e. The predicted octanol–water partition coefficient (Wildman–Crippen LogP) is 1.31. The molecule has 0 aliphatic carbocycles. The summed E-state index contributed by atoms with van der Waals surface area (Å²) in [6, 6.07) is 4.98. The van der Waals surface area contributed by atoms with Crippen molar-refractivity contribution in [2.24, 2.45) is 5.10 Å². The van der Waals surface area contributed by atoms with Gasteiger partial charge in [-0.1, -0.05) is 6.07 Å². The third-order valence-electron chi connectivity index (χ3n) is 4.53. The number of hydrogen-bond donors (Lipinski definition) is 1. The molecule has 1 unspecified atom stereocenters. The number of nitrogens with zero attached hydrogens (tertiary/aromatic N) is 4. The highest BCUT2D eigenvalue weighted by atomic mass is 32.2. The van der Waals surface area contributed by atoms with Gasteiger partial charge in [-0.2, -0.15) is 5.10 Å². The molecular formula is C17H17N5O4S2. The molecular weight excluding hydrogens is 402 g/mol. The van der Waals surface area contributed by atoms with Gasteiger partial charge in [0.05, 0.1) is 23.2 Å². The zero-order chi connectivity index (χ0) is 19.7. The van der Waals surface area contributed by atoms with E-state index < -0.39 is 21.8 Å². The van der Waals surface area contributed by atoms with Crippen molar-refractivity contribution in [1.29, 1.82) is 0 Å². The van der Waals surface area contributed by atoms with Crippen LogP contribution in [0.1, 0.15) is 19.3 Å². The lowest BCUT2D eigenvalue weighted by molar-refractivity contribution is -0.133. The van der Waals surface area contributed by atoms with Crippen LogP contribution < -0.4 is 5.32 Å². The molecule has 0 bridgehead atoms. The van der Waals surface area contributed by atoms with Gasteiger partial charge in [0, 0.05) is 24.4 Å². The zero-order valence-electron chi connectivity index (χ0n) is 14.7. The van der Waals surface area contributed by atoms with Gasteiger partial charge >= 0.3 is 0 Å². The van der Waals surface area contributed by atoms with Gasteiger partial charge in [-0.3, -0.25) is 19.9 Å². The van der Waals surface area contributed by atoms with Crippen LogP contribution in [-0.4, -0.2) is 58.5 Å². The number of sulfone groups is 1. The number of hydrogen-bond acceptors (Lipinski definition) is 8. The highest BCUT2D eigenvalue weighted by molar-refractivity contribution is 7.91. The fourth-order valence-corrected chi connectivity index (χ4v) is 5.51. The number of amides is 2. The lowest BCUT2D eigenvalue weighted by Crippen LogP contribution is -2.42. The zero-order valence-corrected chi connectivity index (χ0v) is 16.4. The highest BCUT2D eigenvalue weighted by Gasteiger charge is 2.37. The Balaban J connectivity index is 1.48. The number of nitrogens with one attached hydrogen (secondary N) is 1. The molecule has 1 atom stereocenters. The normalized spacial score (nSPS) is 21.4. The summed E-state index contributed by atoms with van der Waals surface area (Å²) in [5.41, 5.74) is 1.55. The van der Waals surface area contributed by atoms with Crippen molar-refractivity contribution in [3.8, 4) is 11.4 Å². The standard InChI is InChI=1S/C17H17N5O4S2/c23-15-5-4-13(21-22(15)11-6-8-28(25,26)10-11)16(24)20-17-19-14(9-27-17)12-3-1-2-7-18-12/h1-3,7,9,11H,4-6,8,10H2,(H,19,20,24). The maximum absolute atomic E-state index is 12.6. The summed E-state index contributed by atoms with van der Waals surface area (Å²) in [7, 11) is -3.16. The van der Waals surface area contributed by atoms with E-state index in [0.29, 0.717) is 22.9 Å². The third-order valence-corrected chi connectivity index (χ3v) is 7.04. The lowest BCUT2D eigenvalue weighted by atomic mass is 10.1. The van der Waals surface area contributed by atoms with E-state index in [9.17, 15) is 18.0 Å². The van der Waals surface area contributed by atoms with Crippen molar-refractivity contribution < 1.29 is 18.0 Å². The van der Waals surface area contributed by atoms with E-state index in [-0.39, 0.29) is 36.0 Å². The average molecular weight is 419 g/mol. The van der Waals surface area contributed by atoms with Gasteiger partial charge < -0.3 is 0 Å². The summed E-state index contributed by atoms with van der Waals surface area (Å²) in [5.74, 6) is -0.782. The van der Waals surface area contributed by atoms with Crippen molar-refractivity contribution in [2.45, 2.75) is 25.3 Å². The largest absolute Gasteiger partial charge is 0.297 e. The second-order valence-corrected chi connectivity index (χ2v) is 9.64. The Morgan fingerprint density at radius 3 is 2.82 bits per heavy atom. The van der Waals surface area contributed by atoms with Crippen LogP contribution in [0.3, 0.4) is 0 Å². The minimum atomic E-state index is -3.16. The smallest absolute Gasteiger partial charge is 0.273 e. The van der Waals surface area contributed by atoms with Gasteiger partial charge in [0.25, 0.3) is 5.91 Å². The first-order chi connectivity index (χ1) is 13.4. The van der Waals surface area contributed by atoms with Crippen molar-refractivity contribution >= 4 is 43.8 Å². The van der Waals surface area contributed by atoms with Gasteiger partial charge in [0.2, 0.25) is 5.91 Å². The van der Waals surface area contributed by atoms with Crippen LogP contribution in [0.5, 0.6) is 0 Å². The quantitative estimate of drug-likeness (QED) is 0.797. The molecule has 28 heavy (non-hydrogen) atoms. The number of anilines is 1. The molecule has 1 fully saturated rings. The van der Waals surface area contributed by atoms with E-state index in [4.69, 9.17) is 0 Å². The number of thiazole rings is 1. The molecule has 1 N–H and O–H groups in total. The van der Waals surface area contributed by atoms with Crippen molar-refractivity contribution in [3.63, 3.8) is 0 Å². The Morgan fingerprint density at radius 2 is 2.11 bits per heavy atom. The Morgan fingerprint density at radius 1 is 1.25 bits per heavy atom. The topological polar surface area (TPSA) is 122 Å². The average Bonchev–Trinajstić information content (AvgIpc) is 3.29. The molecule has 2 amide bonds. The number of pyridine rings is 1. The van der Waals surface area contributed by atoms with Crippen LogP contribution in [-0.2, 0) is 19.4 Å². The van der Waals surface area contributed by atoms with Crippen molar-refractivity contribution in [1.82, 2.24) is 15.0 Å². The van der Waals surface area contributed by atoms with E-state index in [2.05, 4.69) is 20.4 Å². The molecule has 2 aromatic rings. The summed E-state index contributed by atoms with van der Waals surface area (Å²) < 4.78 is 23.4. The van der Waals surface area contributed by atoms with Crippen LogP contribution in [0.4, 0.5) is 5.13 Å². The van der Waals surface area contributed by atoms with Gasteiger partial charge in [-0.05, 0) is 18.6 Å². The molecule has 0 aromatic carbocycles. The van der Waals surface area contributed by atoms with E-state index in [1.54, 1.807) is 11.6 Å². The number of rotatable bonds is 4. The Labute approximate surface area is 165 Å². The van der Waals surface area contributed by atoms with Crippen LogP contribution in [0.15, 0.2) is 34.9 Å². The second-order valence-electron chi connectivity index (χ2n) is 6.55. The summed E-state index contributed by atoms with van der Waals surface area (Å²) >= 11 is 1.27. The van der Waals surface area contributed by atoms with Gasteiger partial charge in [0.15, 0.2) is 15.0 Å². The summed E-state index contributed by atoms with van der Waals surface area (Å²) in [6.07, 6.45) is 2.34. The monoisotopic (exact) mass is 419 g/mol. The van der Waals surface area contributed by atoms with Crippen LogP contribution >= 0.6 is 11.3 Å². The minimum absolute atomic E-state index is 0.0356. The summed E-state index contributed by atoms with van der Waals surface area (Å²) in [4.78, 5) is 33.3. The van der Waals surface area contributed by atoms with E-state index >= 15 is 0 Å². The Bertz CT molecular complexity index is 1050. The fourth-order valence-electron chi connectivity index (χ4n) is 3.12. The molecule has 11 heteroatoms. The van der Waals surface area contributed by atoms with Gasteiger partial charge in [0.1, 0.15) is 11.4 Å². The van der Waals surface area contributed by atoms with Crippen LogP contribution in [0.25, 0.3) is 11.4 Å². The number of aromatic nitrogens is 2. The summed E-state index contributed by atoms with van der Waals surface area (Å²) in [5, 5.41) is 10.2. The predicted molar refractivity (Wildman–Crippen MR) is 105 cm³/mol. The van der Waals surface area contributed by atoms with Crippen molar-refractivity contribution in [3.05, 3.63) is 29.8 Å². The van der Waals surface area contributed by atoms with Crippen LogP contribution in [0, 0.1) is 0 Å². The molecule has 2 aliphatic heterocycles. The SMILES string of the molecule is O=C(Nc1nc(-c2ccccn2)cs1)C1=NN(C2CCS(=O)(=O)C2)C(=O)CC1. The van der Waals surface area contributed by atoms with Crippen LogP contribution in [0.2, 0.25) is 0 Å². The van der Waals surface area contributed by atoms with Gasteiger partial charge in [-0.15, -0.1) is 11.3 Å². The molecule has 0 spiro atoms. The molecule has 0 saturated carbocycles. The van der Waals surface area contributed by atoms with Crippen molar-refractivity contribution in [2.75, 3.05) is 16.8 Å². The molecule has 9 nitrogen and oxygen atoms in total. The molecule has 4 rings (SSSR count). The molecule has 2 aromatic heterocycles. The minimum Gasteiger partial charge on any atom is -0.297 e. The highest BCUT2D eigenvalue weighted by Crippen LogP contribution is 2.25. The first-order valence-electron chi connectivity index (χ1n) is 8.69. The molecule has 0 radical (unpaired) electrons. The molecule has 1 saturated heterocycles. The molecule has 4 heterocycles. The molecule has 146 valence electrons. The fraction of sp³-hybridized carbons (Fsp3) is 0.353. The Hall–Kier alpha value is -2.66. The summed E-state index contributed by atoms with van der Waals surface area (Å²) in [6.45, 7) is 0. The van der Waals surface area contributed by atoms with E-state index in [1.807, 2.05) is 18.2 Å². The first-order valence-corrected chi connectivity index (χ1v) is 11.4. The number of carbonyl (C=O) groups excluding carboxylic acids is 2.